The number of hydrogen-bond acceptors (Lipinski definition) is 3. The van der Waals surface area contributed by atoms with Gasteiger partial charge in [0.1, 0.15) is 0 Å². The molecule has 2 fully saturated rings. The van der Waals surface area contributed by atoms with Gasteiger partial charge in [0.05, 0.1) is 12.5 Å². The van der Waals surface area contributed by atoms with Crippen LogP contribution in [0.1, 0.15) is 19.3 Å². The zero-order valence-corrected chi connectivity index (χ0v) is 8.01. The lowest BCUT2D eigenvalue weighted by Gasteiger charge is -2.22. The van der Waals surface area contributed by atoms with Crippen LogP contribution in [0.25, 0.3) is 0 Å². The maximum absolute atomic E-state index is 11.4. The van der Waals surface area contributed by atoms with Gasteiger partial charge in [0.15, 0.2) is 0 Å². The summed E-state index contributed by atoms with van der Waals surface area (Å²) in [6.07, 6.45) is 2.41. The first-order chi connectivity index (χ1) is 6.75. The van der Waals surface area contributed by atoms with E-state index in [2.05, 4.69) is 16.0 Å². The van der Waals surface area contributed by atoms with Crippen molar-refractivity contribution in [2.45, 2.75) is 31.3 Å². The van der Waals surface area contributed by atoms with Crippen LogP contribution in [0, 0.1) is 0 Å². The van der Waals surface area contributed by atoms with E-state index in [-0.39, 0.29) is 24.3 Å². The number of carbonyl (C=O) groups excluding carboxylic acids is 2. The van der Waals surface area contributed by atoms with Crippen LogP contribution in [0.2, 0.25) is 0 Å². The second kappa shape index (κ2) is 3.96. The van der Waals surface area contributed by atoms with Gasteiger partial charge in [-0.15, -0.1) is 0 Å². The standard InChI is InChI=1S/C9H15N3O2/c13-8(12-6-1-2-6)5-7-9(14)11-4-3-10-7/h6-7,10H,1-5H2,(H,11,14)(H,12,13)/t7-/m1/s1. The third-order valence-corrected chi connectivity index (χ3v) is 2.46. The first-order valence-electron chi connectivity index (χ1n) is 5.06. The molecule has 1 saturated heterocycles. The summed E-state index contributed by atoms with van der Waals surface area (Å²) < 4.78 is 0. The summed E-state index contributed by atoms with van der Waals surface area (Å²) in [4.78, 5) is 22.7. The summed E-state index contributed by atoms with van der Waals surface area (Å²) in [6.45, 7) is 1.40. The Morgan fingerprint density at radius 3 is 2.86 bits per heavy atom. The van der Waals surface area contributed by atoms with Crippen molar-refractivity contribution < 1.29 is 9.59 Å². The molecule has 3 N–H and O–H groups in total. The Kier molecular flexibility index (Phi) is 2.67. The normalized spacial score (nSPS) is 26.9. The van der Waals surface area contributed by atoms with E-state index in [1.165, 1.54) is 0 Å². The van der Waals surface area contributed by atoms with Gasteiger partial charge in [-0.05, 0) is 12.8 Å². The van der Waals surface area contributed by atoms with Crippen molar-refractivity contribution in [3.8, 4) is 0 Å². The summed E-state index contributed by atoms with van der Waals surface area (Å²) in [6, 6.07) is 0.0247. The Morgan fingerprint density at radius 2 is 2.21 bits per heavy atom. The van der Waals surface area contributed by atoms with Gasteiger partial charge in [-0.1, -0.05) is 0 Å². The minimum atomic E-state index is -0.345. The molecule has 1 aliphatic heterocycles. The van der Waals surface area contributed by atoms with Crippen molar-refractivity contribution in [3.63, 3.8) is 0 Å². The highest BCUT2D eigenvalue weighted by Gasteiger charge is 2.27. The molecule has 5 nitrogen and oxygen atoms in total. The summed E-state index contributed by atoms with van der Waals surface area (Å²) in [7, 11) is 0. The van der Waals surface area contributed by atoms with Gasteiger partial charge in [-0.3, -0.25) is 9.59 Å². The van der Waals surface area contributed by atoms with Crippen molar-refractivity contribution in [1.29, 1.82) is 0 Å². The molecule has 0 unspecified atom stereocenters. The molecule has 1 saturated carbocycles. The Hall–Kier alpha value is -1.10. The Morgan fingerprint density at radius 1 is 1.43 bits per heavy atom. The molecule has 5 heteroatoms. The number of rotatable bonds is 3. The maximum atomic E-state index is 11.4. The first kappa shape index (κ1) is 9.45. The van der Waals surface area contributed by atoms with E-state index >= 15 is 0 Å². The number of hydrogen-bond donors (Lipinski definition) is 3. The molecule has 2 amide bonds. The Balaban J connectivity index is 1.76. The van der Waals surface area contributed by atoms with Gasteiger partial charge in [-0.25, -0.2) is 0 Å². The molecule has 1 aliphatic carbocycles. The molecule has 14 heavy (non-hydrogen) atoms. The average Bonchev–Trinajstić information content (AvgIpc) is 2.93. The third kappa shape index (κ3) is 2.45. The molecule has 2 aliphatic rings. The fourth-order valence-corrected chi connectivity index (χ4v) is 1.51. The number of nitrogens with one attached hydrogen (secondary N) is 3. The van der Waals surface area contributed by atoms with Crippen molar-refractivity contribution in [1.82, 2.24) is 16.0 Å². The molecule has 0 aromatic carbocycles. The minimum absolute atomic E-state index is 0.0259. The van der Waals surface area contributed by atoms with Crippen molar-refractivity contribution in [3.05, 3.63) is 0 Å². The van der Waals surface area contributed by atoms with Gasteiger partial charge >= 0.3 is 0 Å². The quantitative estimate of drug-likeness (QED) is 0.529. The summed E-state index contributed by atoms with van der Waals surface area (Å²) in [5.41, 5.74) is 0. The Labute approximate surface area is 82.6 Å². The van der Waals surface area contributed by atoms with Gasteiger partial charge in [0.2, 0.25) is 11.8 Å². The van der Waals surface area contributed by atoms with Crippen LogP contribution in [0.15, 0.2) is 0 Å². The van der Waals surface area contributed by atoms with Crippen LogP contribution < -0.4 is 16.0 Å². The second-order valence-corrected chi connectivity index (χ2v) is 3.84. The average molecular weight is 197 g/mol. The smallest absolute Gasteiger partial charge is 0.237 e. The Bertz CT molecular complexity index is 250. The lowest BCUT2D eigenvalue weighted by molar-refractivity contribution is -0.129. The van der Waals surface area contributed by atoms with Gasteiger partial charge in [-0.2, -0.15) is 0 Å². The molecular formula is C9H15N3O2. The van der Waals surface area contributed by atoms with Crippen LogP contribution in [0.5, 0.6) is 0 Å². The number of piperazine rings is 1. The summed E-state index contributed by atoms with van der Waals surface area (Å²) >= 11 is 0. The third-order valence-electron chi connectivity index (χ3n) is 2.46. The molecule has 2 rings (SSSR count). The zero-order chi connectivity index (χ0) is 9.97. The first-order valence-corrected chi connectivity index (χ1v) is 5.06. The fraction of sp³-hybridized carbons (Fsp3) is 0.778. The van der Waals surface area contributed by atoms with Crippen LogP contribution in [-0.2, 0) is 9.59 Å². The highest BCUT2D eigenvalue weighted by Crippen LogP contribution is 2.18. The van der Waals surface area contributed by atoms with Gasteiger partial charge < -0.3 is 16.0 Å². The highest BCUT2D eigenvalue weighted by molar-refractivity contribution is 5.88. The van der Waals surface area contributed by atoms with Crippen molar-refractivity contribution in [2.75, 3.05) is 13.1 Å². The van der Waals surface area contributed by atoms with Crippen LogP contribution in [0.4, 0.5) is 0 Å². The minimum Gasteiger partial charge on any atom is -0.353 e. The predicted octanol–water partition coefficient (Wildman–Crippen LogP) is -1.26. The van der Waals surface area contributed by atoms with Crippen molar-refractivity contribution >= 4 is 11.8 Å². The number of carbonyl (C=O) groups is 2. The largest absolute Gasteiger partial charge is 0.353 e. The van der Waals surface area contributed by atoms with Crippen molar-refractivity contribution in [2.24, 2.45) is 0 Å². The molecule has 0 spiro atoms. The summed E-state index contributed by atoms with van der Waals surface area (Å²) in [5.74, 6) is -0.0933. The fourth-order valence-electron chi connectivity index (χ4n) is 1.51. The van der Waals surface area contributed by atoms with E-state index in [0.29, 0.717) is 12.6 Å². The van der Waals surface area contributed by atoms with E-state index in [4.69, 9.17) is 0 Å². The topological polar surface area (TPSA) is 70.2 Å². The maximum Gasteiger partial charge on any atom is 0.237 e. The molecule has 0 radical (unpaired) electrons. The molecular weight excluding hydrogens is 182 g/mol. The molecule has 0 aromatic rings. The number of amides is 2. The van der Waals surface area contributed by atoms with E-state index in [0.717, 1.165) is 19.4 Å². The van der Waals surface area contributed by atoms with E-state index < -0.39 is 0 Å². The van der Waals surface area contributed by atoms with E-state index in [1.54, 1.807) is 0 Å². The molecule has 78 valence electrons. The lowest BCUT2D eigenvalue weighted by Crippen LogP contribution is -2.54. The highest BCUT2D eigenvalue weighted by atomic mass is 16.2. The van der Waals surface area contributed by atoms with Crippen LogP contribution in [-0.4, -0.2) is 37.0 Å². The SMILES string of the molecule is O=C(C[C@H]1NCCNC1=O)NC1CC1. The monoisotopic (exact) mass is 197 g/mol. The second-order valence-electron chi connectivity index (χ2n) is 3.84. The van der Waals surface area contributed by atoms with Crippen LogP contribution in [0.3, 0.4) is 0 Å². The van der Waals surface area contributed by atoms with Crippen LogP contribution >= 0.6 is 0 Å². The summed E-state index contributed by atoms with van der Waals surface area (Å²) in [5, 5.41) is 8.61. The zero-order valence-electron chi connectivity index (χ0n) is 8.01. The predicted molar refractivity (Wildman–Crippen MR) is 50.6 cm³/mol. The molecule has 1 heterocycles. The molecule has 0 aromatic heterocycles. The molecule has 0 bridgehead atoms. The van der Waals surface area contributed by atoms with Gasteiger partial charge in [0.25, 0.3) is 0 Å². The van der Waals surface area contributed by atoms with E-state index in [9.17, 15) is 9.59 Å². The van der Waals surface area contributed by atoms with E-state index in [1.807, 2.05) is 0 Å². The molecule has 1 atom stereocenters. The van der Waals surface area contributed by atoms with Gasteiger partial charge in [0, 0.05) is 19.1 Å². The lowest BCUT2D eigenvalue weighted by atomic mass is 10.1.